The Kier molecular flexibility index (Phi) is 6.37. The minimum atomic E-state index is -0.559. The molecule has 0 amide bonds. The summed E-state index contributed by atoms with van der Waals surface area (Å²) in [5.74, 6) is 0. The number of pyridine rings is 1. The molecule has 1 N–H and O–H groups in total. The molecule has 1 aromatic rings. The van der Waals surface area contributed by atoms with Gasteiger partial charge in [0.2, 0.25) is 0 Å². The third-order valence-corrected chi connectivity index (χ3v) is 3.72. The van der Waals surface area contributed by atoms with Crippen LogP contribution in [0.1, 0.15) is 12.8 Å². The minimum Gasteiger partial charge on any atom is -0.390 e. The average molecular weight is 300 g/mol. The molecule has 22 heavy (non-hydrogen) atoms. The van der Waals surface area contributed by atoms with Crippen LogP contribution in [0.25, 0.3) is 0 Å². The normalized spacial score (nSPS) is 21.2. The van der Waals surface area contributed by atoms with Gasteiger partial charge in [-0.15, -0.1) is 0 Å². The van der Waals surface area contributed by atoms with Crippen molar-refractivity contribution in [3.63, 3.8) is 0 Å². The summed E-state index contributed by atoms with van der Waals surface area (Å²) in [6.45, 7) is 6.69. The van der Waals surface area contributed by atoms with Crippen molar-refractivity contribution in [3.05, 3.63) is 71.2 Å². The molecular weight excluding hydrogens is 276 g/mol. The summed E-state index contributed by atoms with van der Waals surface area (Å²) in [5.41, 5.74) is 1.01. The Bertz CT molecular complexity index is 601. The average Bonchev–Trinajstić information content (AvgIpc) is 2.50. The highest BCUT2D eigenvalue weighted by molar-refractivity contribution is 5.19. The Labute approximate surface area is 131 Å². The van der Waals surface area contributed by atoms with Gasteiger partial charge in [0.05, 0.1) is 12.6 Å². The third-order valence-electron chi connectivity index (χ3n) is 3.72. The number of aliphatic hydroxyl groups excluding tert-OH is 1. The van der Waals surface area contributed by atoms with Gasteiger partial charge >= 0.3 is 0 Å². The lowest BCUT2D eigenvalue weighted by Gasteiger charge is -2.25. The van der Waals surface area contributed by atoms with Crippen molar-refractivity contribution >= 4 is 0 Å². The largest absolute Gasteiger partial charge is 0.390 e. The standard InChI is InChI=1S/C18H24N2O2/c1-16-8-4-2-3-6-11-19(13-10-16)14-17(21)15-20-12-7-5-9-18(20)22/h2-5,7-9,12,17,21H,1,6,10-11,13-15H2/b3-2-,8-4-. The molecule has 0 saturated heterocycles. The van der Waals surface area contributed by atoms with E-state index in [1.807, 2.05) is 18.2 Å². The fourth-order valence-electron chi connectivity index (χ4n) is 2.50. The van der Waals surface area contributed by atoms with Gasteiger partial charge in [-0.3, -0.25) is 4.79 Å². The van der Waals surface area contributed by atoms with Crippen LogP contribution < -0.4 is 5.56 Å². The van der Waals surface area contributed by atoms with Crippen LogP contribution in [-0.2, 0) is 6.54 Å². The third kappa shape index (κ3) is 5.47. The number of β-amino-alcohol motifs (C(OH)–C–C–N with tert-alkyl or cyclic N) is 1. The summed E-state index contributed by atoms with van der Waals surface area (Å²) < 4.78 is 1.55. The lowest BCUT2D eigenvalue weighted by molar-refractivity contribution is 0.0983. The SMILES string of the molecule is C=C1/C=C\C=C/CCN(CC(O)Cn2ccccc2=O)CC1. The van der Waals surface area contributed by atoms with Crippen LogP contribution in [0.5, 0.6) is 0 Å². The molecule has 1 atom stereocenters. The number of hydrogen-bond donors (Lipinski definition) is 1. The van der Waals surface area contributed by atoms with E-state index in [1.165, 1.54) is 6.07 Å². The number of rotatable bonds is 4. The monoisotopic (exact) mass is 300 g/mol. The van der Waals surface area contributed by atoms with Gasteiger partial charge in [-0.1, -0.05) is 42.5 Å². The molecule has 2 rings (SSSR count). The molecule has 4 heteroatoms. The van der Waals surface area contributed by atoms with E-state index < -0.39 is 6.10 Å². The summed E-state index contributed by atoms with van der Waals surface area (Å²) in [7, 11) is 0. The smallest absolute Gasteiger partial charge is 0.250 e. The van der Waals surface area contributed by atoms with Crippen LogP contribution in [0.3, 0.4) is 0 Å². The first-order valence-electron chi connectivity index (χ1n) is 7.72. The molecule has 118 valence electrons. The zero-order valence-corrected chi connectivity index (χ0v) is 12.9. The number of aromatic nitrogens is 1. The van der Waals surface area contributed by atoms with E-state index in [-0.39, 0.29) is 5.56 Å². The molecule has 0 fully saturated rings. The Morgan fingerprint density at radius 3 is 2.91 bits per heavy atom. The van der Waals surface area contributed by atoms with Crippen LogP contribution in [0.15, 0.2) is 65.6 Å². The zero-order valence-electron chi connectivity index (χ0n) is 12.9. The lowest BCUT2D eigenvalue weighted by atomic mass is 10.1. The van der Waals surface area contributed by atoms with Gasteiger partial charge in [0, 0.05) is 31.9 Å². The predicted octanol–water partition coefficient (Wildman–Crippen LogP) is 1.97. The van der Waals surface area contributed by atoms with Crippen LogP contribution in [-0.4, -0.2) is 40.3 Å². The first kappa shape index (κ1) is 16.5. The van der Waals surface area contributed by atoms with Crippen molar-refractivity contribution in [1.29, 1.82) is 0 Å². The van der Waals surface area contributed by atoms with Crippen molar-refractivity contribution in [1.82, 2.24) is 9.47 Å². The quantitative estimate of drug-likeness (QED) is 0.925. The molecule has 1 aliphatic heterocycles. The van der Waals surface area contributed by atoms with Gasteiger partial charge in [-0.05, 0) is 18.9 Å². The van der Waals surface area contributed by atoms with Gasteiger partial charge in [0.15, 0.2) is 0 Å². The van der Waals surface area contributed by atoms with Crippen molar-refractivity contribution in [3.8, 4) is 0 Å². The lowest BCUT2D eigenvalue weighted by Crippen LogP contribution is -2.37. The summed E-state index contributed by atoms with van der Waals surface area (Å²) in [5, 5.41) is 10.3. The van der Waals surface area contributed by atoms with Crippen molar-refractivity contribution in [2.45, 2.75) is 25.5 Å². The van der Waals surface area contributed by atoms with E-state index in [4.69, 9.17) is 0 Å². The Morgan fingerprint density at radius 1 is 1.23 bits per heavy atom. The number of nitrogens with zero attached hydrogens (tertiary/aromatic N) is 2. The number of allylic oxidation sites excluding steroid dienone is 3. The van der Waals surface area contributed by atoms with E-state index >= 15 is 0 Å². The van der Waals surface area contributed by atoms with Crippen LogP contribution in [0.4, 0.5) is 0 Å². The van der Waals surface area contributed by atoms with Gasteiger partial charge < -0.3 is 14.6 Å². The van der Waals surface area contributed by atoms with Gasteiger partial charge in [-0.2, -0.15) is 0 Å². The highest BCUT2D eigenvalue weighted by Gasteiger charge is 2.12. The molecule has 1 aromatic heterocycles. The molecule has 0 aromatic carbocycles. The number of hydrogen-bond acceptors (Lipinski definition) is 3. The number of aliphatic hydroxyl groups is 1. The summed E-state index contributed by atoms with van der Waals surface area (Å²) in [6.07, 6.45) is 11.2. The summed E-state index contributed by atoms with van der Waals surface area (Å²) in [6, 6.07) is 5.03. The van der Waals surface area contributed by atoms with Gasteiger partial charge in [-0.25, -0.2) is 0 Å². The Morgan fingerprint density at radius 2 is 2.09 bits per heavy atom. The fraction of sp³-hybridized carbons (Fsp3) is 0.389. The summed E-state index contributed by atoms with van der Waals surface area (Å²) in [4.78, 5) is 13.9. The second-order valence-corrected chi connectivity index (χ2v) is 5.63. The highest BCUT2D eigenvalue weighted by atomic mass is 16.3. The Hall–Kier alpha value is -1.91. The fourth-order valence-corrected chi connectivity index (χ4v) is 2.50. The maximum absolute atomic E-state index is 11.7. The first-order chi connectivity index (χ1) is 10.6. The highest BCUT2D eigenvalue weighted by Crippen LogP contribution is 2.07. The molecule has 1 aliphatic rings. The molecule has 0 spiro atoms. The van der Waals surface area contributed by atoms with E-state index in [9.17, 15) is 9.90 Å². The van der Waals surface area contributed by atoms with Gasteiger partial charge in [0.25, 0.3) is 5.56 Å². The molecule has 4 nitrogen and oxygen atoms in total. The second-order valence-electron chi connectivity index (χ2n) is 5.63. The molecule has 1 unspecified atom stereocenters. The van der Waals surface area contributed by atoms with E-state index in [0.29, 0.717) is 13.1 Å². The van der Waals surface area contributed by atoms with E-state index in [2.05, 4.69) is 17.6 Å². The van der Waals surface area contributed by atoms with Crippen molar-refractivity contribution in [2.75, 3.05) is 19.6 Å². The van der Waals surface area contributed by atoms with Crippen molar-refractivity contribution in [2.24, 2.45) is 0 Å². The second kappa shape index (κ2) is 8.51. The van der Waals surface area contributed by atoms with E-state index in [0.717, 1.165) is 31.5 Å². The predicted molar refractivity (Wildman–Crippen MR) is 89.8 cm³/mol. The molecule has 0 saturated carbocycles. The zero-order chi connectivity index (χ0) is 15.8. The van der Waals surface area contributed by atoms with Crippen molar-refractivity contribution < 1.29 is 5.11 Å². The molecule has 0 bridgehead atoms. The maximum atomic E-state index is 11.7. The van der Waals surface area contributed by atoms with Crippen LogP contribution in [0, 0.1) is 0 Å². The summed E-state index contributed by atoms with van der Waals surface area (Å²) >= 11 is 0. The Balaban J connectivity index is 1.91. The van der Waals surface area contributed by atoms with Crippen LogP contribution >= 0.6 is 0 Å². The van der Waals surface area contributed by atoms with Crippen LogP contribution in [0.2, 0.25) is 0 Å². The minimum absolute atomic E-state index is 0.0797. The van der Waals surface area contributed by atoms with E-state index in [1.54, 1.807) is 22.9 Å². The molecule has 2 heterocycles. The molecular formula is C18H24N2O2. The maximum Gasteiger partial charge on any atom is 0.250 e. The first-order valence-corrected chi connectivity index (χ1v) is 7.72. The molecule has 0 aliphatic carbocycles. The molecule has 0 radical (unpaired) electrons. The van der Waals surface area contributed by atoms with Gasteiger partial charge in [0.1, 0.15) is 0 Å². The topological polar surface area (TPSA) is 45.5 Å².